The van der Waals surface area contributed by atoms with Gasteiger partial charge in [-0.15, -0.1) is 0 Å². The summed E-state index contributed by atoms with van der Waals surface area (Å²) in [4.78, 5) is 0. The Morgan fingerprint density at radius 1 is 1.33 bits per heavy atom. The van der Waals surface area contributed by atoms with Crippen LogP contribution in [0.3, 0.4) is 0 Å². The van der Waals surface area contributed by atoms with Crippen molar-refractivity contribution in [1.82, 2.24) is 0 Å². The first-order valence-corrected chi connectivity index (χ1v) is 2.33. The topological polar surface area (TPSA) is 54.4 Å². The van der Waals surface area contributed by atoms with E-state index in [1.165, 1.54) is 0 Å². The summed E-state index contributed by atoms with van der Waals surface area (Å²) in [5, 5.41) is 0. The van der Waals surface area contributed by atoms with Crippen molar-refractivity contribution in [3.63, 3.8) is 0 Å². The SMILES string of the molecule is [LiH].[O]=[V](=[O])[OH].[RbH]. The molecule has 0 amide bonds. The molecule has 0 aliphatic rings. The first kappa shape index (κ1) is 15.8. The molecule has 0 aliphatic heterocycles. The van der Waals surface area contributed by atoms with Crippen LogP contribution in [0.4, 0.5) is 0 Å². The van der Waals surface area contributed by atoms with Crippen LogP contribution in [0, 0.1) is 0 Å². The zero-order chi connectivity index (χ0) is 3.58. The van der Waals surface area contributed by atoms with Gasteiger partial charge in [0.25, 0.3) is 0 Å². The average Bonchev–Trinajstić information content (AvgIpc) is 0.811. The molecule has 0 bridgehead atoms. The second-order valence-corrected chi connectivity index (χ2v) is 0.981. The molecule has 6 heavy (non-hydrogen) atoms. The predicted molar refractivity (Wildman–Crippen MR) is 17.9 cm³/mol. The zero-order valence-electron chi connectivity index (χ0n) is 1.71. The summed E-state index contributed by atoms with van der Waals surface area (Å²) in [5.41, 5.74) is 0. The van der Waals surface area contributed by atoms with Crippen LogP contribution in [0.5, 0.6) is 0 Å². The number of hydrogen-bond donors (Lipinski definition) is 1. The van der Waals surface area contributed by atoms with Crippen molar-refractivity contribution >= 4 is 77.0 Å². The Labute approximate surface area is 101 Å². The van der Waals surface area contributed by atoms with Gasteiger partial charge in [-0.3, -0.25) is 0 Å². The average molecular weight is 194 g/mol. The summed E-state index contributed by atoms with van der Waals surface area (Å²) in [6, 6.07) is 0. The molecule has 28 valence electrons. The quantitative estimate of drug-likeness (QED) is 0.450. The fourth-order valence-electron chi connectivity index (χ4n) is 0. The molecule has 0 saturated heterocycles. The van der Waals surface area contributed by atoms with E-state index in [9.17, 15) is 0 Å². The minimum atomic E-state index is -3.69. The first-order valence-electron chi connectivity index (χ1n) is 0.565. The third kappa shape index (κ3) is 31.1. The Kier molecular flexibility index (Phi) is 27.7. The van der Waals surface area contributed by atoms with Crippen LogP contribution >= 0.6 is 0 Å². The molecule has 0 radical (unpaired) electrons. The van der Waals surface area contributed by atoms with Gasteiger partial charge in [0, 0.05) is 0 Å². The molecule has 0 spiro atoms. The summed E-state index contributed by atoms with van der Waals surface area (Å²) in [5.74, 6) is 0. The molecule has 0 aromatic heterocycles. The maximum atomic E-state index is 8.67. The van der Waals surface area contributed by atoms with E-state index >= 15 is 0 Å². The van der Waals surface area contributed by atoms with Gasteiger partial charge in [-0.1, -0.05) is 0 Å². The van der Waals surface area contributed by atoms with E-state index in [2.05, 4.69) is 0 Å². The molecule has 1 N–H and O–H groups in total. The molecule has 0 fully saturated rings. The van der Waals surface area contributed by atoms with E-state index in [0.717, 1.165) is 0 Å². The molecule has 3 nitrogen and oxygen atoms in total. The fraction of sp³-hybridized carbons (Fsp3) is 0. The van der Waals surface area contributed by atoms with Crippen molar-refractivity contribution in [2.75, 3.05) is 0 Å². The van der Waals surface area contributed by atoms with Gasteiger partial charge in [-0.25, -0.2) is 0 Å². The Bertz CT molecular complexity index is 59.2. The van der Waals surface area contributed by atoms with Crippen molar-refractivity contribution in [3.8, 4) is 0 Å². The third-order valence-electron chi connectivity index (χ3n) is 0. The van der Waals surface area contributed by atoms with Crippen molar-refractivity contribution in [2.45, 2.75) is 0 Å². The van der Waals surface area contributed by atoms with Gasteiger partial charge in [0.15, 0.2) is 0 Å². The van der Waals surface area contributed by atoms with Gasteiger partial charge < -0.3 is 0 Å². The molecule has 6 heteroatoms. The molecule has 0 heterocycles. The van der Waals surface area contributed by atoms with E-state index in [1.807, 2.05) is 0 Å². The Morgan fingerprint density at radius 2 is 1.33 bits per heavy atom. The second-order valence-electron chi connectivity index (χ2n) is 0.238. The van der Waals surface area contributed by atoms with Crippen LogP contribution in [0.25, 0.3) is 0 Å². The van der Waals surface area contributed by atoms with Crippen LogP contribution in [0.2, 0.25) is 0 Å². The van der Waals surface area contributed by atoms with Gasteiger partial charge in [-0.05, 0) is 0 Å². The normalized spacial score (nSPS) is 4.17. The number of rotatable bonds is 0. The molecular weight excluding hydrogens is 191 g/mol. The van der Waals surface area contributed by atoms with E-state index in [-0.39, 0.29) is 77.0 Å². The van der Waals surface area contributed by atoms with Crippen LogP contribution in [-0.4, -0.2) is 81.1 Å². The van der Waals surface area contributed by atoms with Crippen molar-refractivity contribution < 1.29 is 26.8 Å². The van der Waals surface area contributed by atoms with Crippen LogP contribution in [0.1, 0.15) is 0 Å². The van der Waals surface area contributed by atoms with Crippen molar-refractivity contribution in [1.29, 1.82) is 0 Å². The van der Waals surface area contributed by atoms with Crippen molar-refractivity contribution in [2.24, 2.45) is 0 Å². The summed E-state index contributed by atoms with van der Waals surface area (Å²) in [6.45, 7) is 0. The fourth-order valence-corrected chi connectivity index (χ4v) is 0. The van der Waals surface area contributed by atoms with E-state index in [1.54, 1.807) is 0 Å². The monoisotopic (exact) mass is 194 g/mol. The predicted octanol–water partition coefficient (Wildman–Crippen LogP) is -2.09. The Hall–Kier alpha value is 2.55. The van der Waals surface area contributed by atoms with E-state index < -0.39 is 15.4 Å². The molecule has 0 aromatic carbocycles. The molecule has 0 atom stereocenters. The standard InChI is InChI=1S/Li.H2O.2O.Rb.V.2H/h;1H2;;;;;;/q;;;;;+1;;/p-1. The van der Waals surface area contributed by atoms with Crippen molar-refractivity contribution in [3.05, 3.63) is 0 Å². The summed E-state index contributed by atoms with van der Waals surface area (Å²) in [7, 11) is 0. The first-order chi connectivity index (χ1) is 1.73. The molecule has 0 unspecified atom stereocenters. The second kappa shape index (κ2) is 10.5. The Balaban J connectivity index is -0.0000000450. The molecule has 0 rings (SSSR count). The van der Waals surface area contributed by atoms with Gasteiger partial charge in [-0.2, -0.15) is 0 Å². The van der Waals surface area contributed by atoms with Gasteiger partial charge in [0.05, 0.1) is 0 Å². The molecule has 0 aliphatic carbocycles. The molecular formula is H3LiO3RbV. The minimum absolute atomic E-state index is 0. The maximum absolute atomic E-state index is 8.67. The zero-order valence-corrected chi connectivity index (χ0v) is 3.11. The molecule has 0 saturated carbocycles. The van der Waals surface area contributed by atoms with Gasteiger partial charge in [0.1, 0.15) is 0 Å². The Morgan fingerprint density at radius 3 is 1.33 bits per heavy atom. The van der Waals surface area contributed by atoms with Crippen LogP contribution in [0.15, 0.2) is 0 Å². The third-order valence-corrected chi connectivity index (χ3v) is 0. The van der Waals surface area contributed by atoms with E-state index in [0.29, 0.717) is 0 Å². The van der Waals surface area contributed by atoms with Gasteiger partial charge >= 0.3 is 104 Å². The summed E-state index contributed by atoms with van der Waals surface area (Å²) in [6.07, 6.45) is 0. The summed E-state index contributed by atoms with van der Waals surface area (Å²) >= 11 is -3.69. The molecule has 0 aromatic rings. The van der Waals surface area contributed by atoms with Crippen LogP contribution in [-0.2, 0) is 22.7 Å². The van der Waals surface area contributed by atoms with Gasteiger partial charge in [0.2, 0.25) is 0 Å². The summed E-state index contributed by atoms with van der Waals surface area (Å²) < 4.78 is 24.4. The number of hydrogen-bond acceptors (Lipinski definition) is 2. The van der Waals surface area contributed by atoms with Crippen LogP contribution < -0.4 is 0 Å². The van der Waals surface area contributed by atoms with E-state index in [4.69, 9.17) is 11.4 Å².